The van der Waals surface area contributed by atoms with Gasteiger partial charge in [0.05, 0.1) is 5.60 Å². The monoisotopic (exact) mass is 267 g/mol. The zero-order chi connectivity index (χ0) is 13.0. The molecule has 3 unspecified atom stereocenters. The number of likely N-dealkylation sites (N-methyl/N-ethyl adjacent to an activating group) is 1. The smallest absolute Gasteiger partial charge is 0.0836 e. The van der Waals surface area contributed by atoms with Crippen LogP contribution in [0.1, 0.15) is 37.5 Å². The predicted molar refractivity (Wildman–Crippen MR) is 78.2 cm³/mol. The van der Waals surface area contributed by atoms with Gasteiger partial charge in [0.15, 0.2) is 0 Å². The second-order valence-corrected chi connectivity index (χ2v) is 6.63. The minimum atomic E-state index is 0.0242. The summed E-state index contributed by atoms with van der Waals surface area (Å²) in [6, 6.07) is 4.78. The Bertz CT molecular complexity index is 351. The highest BCUT2D eigenvalue weighted by atomic mass is 32.1. The molecule has 1 aromatic rings. The zero-order valence-electron chi connectivity index (χ0n) is 11.7. The van der Waals surface area contributed by atoms with E-state index in [2.05, 4.69) is 36.8 Å². The summed E-state index contributed by atoms with van der Waals surface area (Å²) >= 11 is 1.85. The molecule has 1 aliphatic rings. The van der Waals surface area contributed by atoms with Gasteiger partial charge >= 0.3 is 0 Å². The van der Waals surface area contributed by atoms with Crippen LogP contribution in [0.5, 0.6) is 0 Å². The number of thiophene rings is 1. The van der Waals surface area contributed by atoms with Gasteiger partial charge in [-0.25, -0.2) is 0 Å². The van der Waals surface area contributed by atoms with Crippen LogP contribution in [0.2, 0.25) is 0 Å². The largest absolute Gasteiger partial charge is 0.377 e. The fraction of sp³-hybridized carbons (Fsp3) is 0.733. The normalized spacial score (nSPS) is 30.3. The van der Waals surface area contributed by atoms with E-state index < -0.39 is 0 Å². The number of rotatable bonds is 5. The highest BCUT2D eigenvalue weighted by Gasteiger charge is 2.41. The Labute approximate surface area is 115 Å². The van der Waals surface area contributed by atoms with Gasteiger partial charge in [-0.05, 0) is 43.7 Å². The summed E-state index contributed by atoms with van der Waals surface area (Å²) in [5.74, 6) is 0.776. The minimum absolute atomic E-state index is 0.0242. The summed E-state index contributed by atoms with van der Waals surface area (Å²) in [6.07, 6.45) is 6.08. The van der Waals surface area contributed by atoms with Crippen molar-refractivity contribution in [1.29, 1.82) is 0 Å². The van der Waals surface area contributed by atoms with E-state index in [-0.39, 0.29) is 5.60 Å². The van der Waals surface area contributed by atoms with Gasteiger partial charge in [0.2, 0.25) is 0 Å². The van der Waals surface area contributed by atoms with Gasteiger partial charge in [-0.1, -0.05) is 25.8 Å². The van der Waals surface area contributed by atoms with E-state index in [1.165, 1.54) is 30.6 Å². The number of hydrogen-bond acceptors (Lipinski definition) is 3. The summed E-state index contributed by atoms with van der Waals surface area (Å²) in [6.45, 7) is 2.35. The molecule has 2 nitrogen and oxygen atoms in total. The van der Waals surface area contributed by atoms with E-state index >= 15 is 0 Å². The van der Waals surface area contributed by atoms with Gasteiger partial charge in [-0.2, -0.15) is 0 Å². The Balaban J connectivity index is 2.12. The van der Waals surface area contributed by atoms with E-state index in [1.807, 2.05) is 18.4 Å². The first kappa shape index (κ1) is 14.0. The Morgan fingerprint density at radius 3 is 3.00 bits per heavy atom. The predicted octanol–water partition coefficient (Wildman–Crippen LogP) is 3.47. The molecule has 102 valence electrons. The van der Waals surface area contributed by atoms with E-state index in [0.717, 1.165) is 12.3 Å². The van der Waals surface area contributed by atoms with Crippen LogP contribution >= 0.6 is 11.3 Å². The quantitative estimate of drug-likeness (QED) is 0.882. The van der Waals surface area contributed by atoms with Crippen LogP contribution in [0.25, 0.3) is 0 Å². The molecule has 1 aliphatic carbocycles. The maximum atomic E-state index is 5.99. The van der Waals surface area contributed by atoms with E-state index in [1.54, 1.807) is 0 Å². The molecule has 1 saturated carbocycles. The molecule has 1 heterocycles. The van der Waals surface area contributed by atoms with Crippen LogP contribution in [0.15, 0.2) is 17.5 Å². The van der Waals surface area contributed by atoms with Crippen LogP contribution in [0, 0.1) is 5.92 Å². The van der Waals surface area contributed by atoms with Crippen LogP contribution < -0.4 is 5.32 Å². The van der Waals surface area contributed by atoms with Crippen molar-refractivity contribution in [3.05, 3.63) is 22.4 Å². The van der Waals surface area contributed by atoms with Crippen molar-refractivity contribution in [3.63, 3.8) is 0 Å². The molecule has 0 amide bonds. The maximum absolute atomic E-state index is 5.99. The third-order valence-corrected chi connectivity index (χ3v) is 5.27. The molecule has 1 aromatic heterocycles. The first-order valence-corrected chi connectivity index (χ1v) is 7.83. The van der Waals surface area contributed by atoms with Gasteiger partial charge in [-0.15, -0.1) is 11.3 Å². The first-order valence-electron chi connectivity index (χ1n) is 6.95. The van der Waals surface area contributed by atoms with E-state index in [0.29, 0.717) is 6.04 Å². The third kappa shape index (κ3) is 2.95. The molecular weight excluding hydrogens is 242 g/mol. The maximum Gasteiger partial charge on any atom is 0.0836 e. The molecule has 1 N–H and O–H groups in total. The summed E-state index contributed by atoms with van der Waals surface area (Å²) in [5, 5.41) is 5.66. The molecule has 0 spiro atoms. The lowest BCUT2D eigenvalue weighted by Crippen LogP contribution is -2.54. The van der Waals surface area contributed by atoms with Gasteiger partial charge in [-0.3, -0.25) is 0 Å². The number of hydrogen-bond donors (Lipinski definition) is 1. The van der Waals surface area contributed by atoms with Crippen LogP contribution in [-0.4, -0.2) is 25.8 Å². The van der Waals surface area contributed by atoms with Crippen molar-refractivity contribution in [3.8, 4) is 0 Å². The SMILES string of the molecule is CNC(Cc1cccs1)C1(OC)CCCC(C)C1. The lowest BCUT2D eigenvalue weighted by atomic mass is 9.73. The van der Waals surface area contributed by atoms with E-state index in [9.17, 15) is 0 Å². The Hall–Kier alpha value is -0.380. The fourth-order valence-electron chi connectivity index (χ4n) is 3.37. The number of methoxy groups -OCH3 is 1. The van der Waals surface area contributed by atoms with Gasteiger partial charge in [0.25, 0.3) is 0 Å². The van der Waals surface area contributed by atoms with Gasteiger partial charge < -0.3 is 10.1 Å². The fourth-order valence-corrected chi connectivity index (χ4v) is 4.12. The highest BCUT2D eigenvalue weighted by Crippen LogP contribution is 2.38. The summed E-state index contributed by atoms with van der Waals surface area (Å²) in [4.78, 5) is 1.45. The topological polar surface area (TPSA) is 21.3 Å². The minimum Gasteiger partial charge on any atom is -0.377 e. The highest BCUT2D eigenvalue weighted by molar-refractivity contribution is 7.09. The molecule has 0 bridgehead atoms. The van der Waals surface area contributed by atoms with Crippen molar-refractivity contribution in [2.45, 2.75) is 50.7 Å². The summed E-state index contributed by atoms with van der Waals surface area (Å²) < 4.78 is 5.99. The molecule has 18 heavy (non-hydrogen) atoms. The second kappa shape index (κ2) is 6.18. The molecule has 3 atom stereocenters. The van der Waals surface area contributed by atoms with Crippen molar-refractivity contribution in [2.24, 2.45) is 5.92 Å². The van der Waals surface area contributed by atoms with Crippen molar-refractivity contribution in [2.75, 3.05) is 14.2 Å². The Morgan fingerprint density at radius 2 is 2.44 bits per heavy atom. The molecule has 3 heteroatoms. The molecule has 0 aliphatic heterocycles. The summed E-state index contributed by atoms with van der Waals surface area (Å²) in [7, 11) is 3.95. The van der Waals surface area contributed by atoms with Crippen LogP contribution in [0.3, 0.4) is 0 Å². The lowest BCUT2D eigenvalue weighted by Gasteiger charge is -2.44. The van der Waals surface area contributed by atoms with Crippen molar-refractivity contribution >= 4 is 11.3 Å². The van der Waals surface area contributed by atoms with Crippen LogP contribution in [-0.2, 0) is 11.2 Å². The molecule has 2 rings (SSSR count). The standard InChI is InChI=1S/C15H25NOS/c1-12-6-4-8-15(11-12,17-3)14(16-2)10-13-7-5-9-18-13/h5,7,9,12,14,16H,4,6,8,10-11H2,1-3H3. The lowest BCUT2D eigenvalue weighted by molar-refractivity contribution is -0.0773. The Kier molecular flexibility index (Phi) is 4.82. The molecule has 1 fully saturated rings. The average molecular weight is 267 g/mol. The van der Waals surface area contributed by atoms with Crippen molar-refractivity contribution in [1.82, 2.24) is 5.32 Å². The molecule has 0 aromatic carbocycles. The number of ether oxygens (including phenoxy) is 1. The van der Waals surface area contributed by atoms with Crippen molar-refractivity contribution < 1.29 is 4.74 Å². The van der Waals surface area contributed by atoms with Gasteiger partial charge in [0.1, 0.15) is 0 Å². The third-order valence-electron chi connectivity index (χ3n) is 4.37. The first-order chi connectivity index (χ1) is 8.70. The zero-order valence-corrected chi connectivity index (χ0v) is 12.6. The van der Waals surface area contributed by atoms with Crippen LogP contribution in [0.4, 0.5) is 0 Å². The second-order valence-electron chi connectivity index (χ2n) is 5.60. The number of nitrogens with one attached hydrogen (secondary N) is 1. The van der Waals surface area contributed by atoms with Gasteiger partial charge in [0, 0.05) is 18.0 Å². The average Bonchev–Trinajstić information content (AvgIpc) is 2.88. The van der Waals surface area contributed by atoms with E-state index in [4.69, 9.17) is 4.74 Å². The molecule has 0 radical (unpaired) electrons. The Morgan fingerprint density at radius 1 is 1.61 bits per heavy atom. The molecular formula is C15H25NOS. The molecule has 0 saturated heterocycles. The summed E-state index contributed by atoms with van der Waals surface area (Å²) in [5.41, 5.74) is 0.0242.